The summed E-state index contributed by atoms with van der Waals surface area (Å²) in [6.45, 7) is 8.05. The van der Waals surface area contributed by atoms with Crippen LogP contribution in [-0.4, -0.2) is 43.2 Å². The van der Waals surface area contributed by atoms with Gasteiger partial charge in [-0.1, -0.05) is 20.8 Å². The van der Waals surface area contributed by atoms with Crippen LogP contribution < -0.4 is 0 Å². The van der Waals surface area contributed by atoms with Crippen molar-refractivity contribution < 1.29 is 13.2 Å². The molecule has 2 atom stereocenters. The molecule has 0 saturated carbocycles. The van der Waals surface area contributed by atoms with E-state index in [1.54, 1.807) is 10.4 Å². The highest BCUT2D eigenvalue weighted by Gasteiger charge is 2.35. The molecule has 0 spiro atoms. The molecule has 1 heterocycles. The van der Waals surface area contributed by atoms with Gasteiger partial charge in [0.15, 0.2) is 0 Å². The van der Waals surface area contributed by atoms with Crippen LogP contribution in [0.1, 0.15) is 40.5 Å². The van der Waals surface area contributed by atoms with Gasteiger partial charge in [0, 0.05) is 12.6 Å². The number of hydrogen-bond donors (Lipinski definition) is 0. The fourth-order valence-corrected chi connectivity index (χ4v) is 4.64. The molecule has 104 valence electrons. The van der Waals surface area contributed by atoms with E-state index in [0.29, 0.717) is 19.4 Å². The molecular formula is C12H22N2O3S. The van der Waals surface area contributed by atoms with Gasteiger partial charge < -0.3 is 0 Å². The molecule has 1 aliphatic rings. The molecule has 6 heteroatoms. The first-order chi connectivity index (χ1) is 8.15. The van der Waals surface area contributed by atoms with E-state index in [1.807, 2.05) is 27.7 Å². The summed E-state index contributed by atoms with van der Waals surface area (Å²) < 4.78 is 26.1. The molecule has 0 aliphatic carbocycles. The van der Waals surface area contributed by atoms with Crippen LogP contribution in [-0.2, 0) is 14.8 Å². The number of nitrogens with zero attached hydrogens (tertiary/aromatic N) is 2. The summed E-state index contributed by atoms with van der Waals surface area (Å²) in [5, 5.41) is 0. The smallest absolute Gasteiger partial charge is 0.212 e. The molecular weight excluding hydrogens is 252 g/mol. The molecule has 1 saturated heterocycles. The number of piperidine rings is 1. The average molecular weight is 274 g/mol. The van der Waals surface area contributed by atoms with Crippen LogP contribution in [0.4, 0.5) is 0 Å². The SMILES string of the molecule is CC1CC(N=C=O)CCN1S(=O)(=O)CC(C)(C)C. The molecule has 5 nitrogen and oxygen atoms in total. The van der Waals surface area contributed by atoms with Gasteiger partial charge in [-0.15, -0.1) is 0 Å². The maximum Gasteiger partial charge on any atom is 0.235 e. The average Bonchev–Trinajstić information content (AvgIpc) is 2.13. The standard InChI is InChI=1S/C12H22N2O3S/c1-10-7-11(13-9-15)5-6-14(10)18(16,17)8-12(2,3)4/h10-11H,5-8H2,1-4H3. The van der Waals surface area contributed by atoms with Gasteiger partial charge >= 0.3 is 0 Å². The van der Waals surface area contributed by atoms with Crippen molar-refractivity contribution in [2.75, 3.05) is 12.3 Å². The van der Waals surface area contributed by atoms with Crippen LogP contribution in [0, 0.1) is 5.41 Å². The van der Waals surface area contributed by atoms with Gasteiger partial charge in [-0.05, 0) is 25.2 Å². The van der Waals surface area contributed by atoms with Crippen molar-refractivity contribution in [3.05, 3.63) is 0 Å². The van der Waals surface area contributed by atoms with Gasteiger partial charge in [0.25, 0.3) is 0 Å². The highest BCUT2D eigenvalue weighted by molar-refractivity contribution is 7.89. The van der Waals surface area contributed by atoms with Crippen molar-refractivity contribution in [1.82, 2.24) is 4.31 Å². The summed E-state index contributed by atoms with van der Waals surface area (Å²) in [4.78, 5) is 13.9. The van der Waals surface area contributed by atoms with E-state index in [-0.39, 0.29) is 23.3 Å². The molecule has 0 aromatic carbocycles. The Morgan fingerprint density at radius 1 is 1.39 bits per heavy atom. The molecule has 18 heavy (non-hydrogen) atoms. The number of aliphatic imine (C=N–C) groups is 1. The fourth-order valence-electron chi connectivity index (χ4n) is 2.36. The second kappa shape index (κ2) is 5.51. The number of carbonyl (C=O) groups excluding carboxylic acids is 1. The van der Waals surface area contributed by atoms with Crippen molar-refractivity contribution in [1.29, 1.82) is 0 Å². The highest BCUT2D eigenvalue weighted by atomic mass is 32.2. The Bertz CT molecular complexity index is 433. The number of isocyanates is 1. The molecule has 0 aromatic rings. The molecule has 1 fully saturated rings. The number of hydrogen-bond acceptors (Lipinski definition) is 4. The molecule has 0 N–H and O–H groups in total. The van der Waals surface area contributed by atoms with Crippen LogP contribution in [0.15, 0.2) is 4.99 Å². The topological polar surface area (TPSA) is 66.8 Å². The second-order valence-electron chi connectivity index (χ2n) is 6.18. The van der Waals surface area contributed by atoms with Gasteiger partial charge in [0.05, 0.1) is 11.8 Å². The van der Waals surface area contributed by atoms with Crippen molar-refractivity contribution in [3.63, 3.8) is 0 Å². The molecule has 1 aliphatic heterocycles. The molecule has 0 radical (unpaired) electrons. The molecule has 0 bridgehead atoms. The van der Waals surface area contributed by atoms with Gasteiger partial charge in [0.1, 0.15) is 0 Å². The number of rotatable bonds is 3. The fraction of sp³-hybridized carbons (Fsp3) is 0.917. The first kappa shape index (κ1) is 15.3. The Morgan fingerprint density at radius 2 is 2.00 bits per heavy atom. The van der Waals surface area contributed by atoms with Crippen LogP contribution in [0.5, 0.6) is 0 Å². The minimum atomic E-state index is -3.24. The number of sulfonamides is 1. The summed E-state index contributed by atoms with van der Waals surface area (Å²) in [5.41, 5.74) is -0.254. The Labute approximate surface area is 109 Å². The van der Waals surface area contributed by atoms with E-state index in [4.69, 9.17) is 0 Å². The van der Waals surface area contributed by atoms with Crippen LogP contribution >= 0.6 is 0 Å². The summed E-state index contributed by atoms with van der Waals surface area (Å²) in [5.74, 6) is 0.145. The van der Waals surface area contributed by atoms with E-state index >= 15 is 0 Å². The lowest BCUT2D eigenvalue weighted by Crippen LogP contribution is -2.47. The Balaban J connectivity index is 2.77. The maximum absolute atomic E-state index is 12.3. The lowest BCUT2D eigenvalue weighted by molar-refractivity contribution is 0.245. The summed E-state index contributed by atoms with van der Waals surface area (Å²) >= 11 is 0. The lowest BCUT2D eigenvalue weighted by Gasteiger charge is -2.36. The third-order valence-electron chi connectivity index (χ3n) is 3.00. The first-order valence-electron chi connectivity index (χ1n) is 6.22. The van der Waals surface area contributed by atoms with Crippen LogP contribution in [0.25, 0.3) is 0 Å². The summed E-state index contributed by atoms with van der Waals surface area (Å²) in [7, 11) is -3.24. The Morgan fingerprint density at radius 3 is 2.44 bits per heavy atom. The monoisotopic (exact) mass is 274 g/mol. The highest BCUT2D eigenvalue weighted by Crippen LogP contribution is 2.26. The quantitative estimate of drug-likeness (QED) is 0.579. The zero-order valence-electron chi connectivity index (χ0n) is 11.5. The molecule has 1 rings (SSSR count). The van der Waals surface area contributed by atoms with E-state index in [9.17, 15) is 13.2 Å². The van der Waals surface area contributed by atoms with Crippen LogP contribution in [0.2, 0.25) is 0 Å². The second-order valence-corrected chi connectivity index (χ2v) is 8.10. The normalized spacial score (nSPS) is 26.7. The molecule has 0 amide bonds. The van der Waals surface area contributed by atoms with Gasteiger partial charge in [-0.25, -0.2) is 18.2 Å². The third-order valence-corrected chi connectivity index (χ3v) is 5.48. The lowest BCUT2D eigenvalue weighted by atomic mass is 10.0. The zero-order valence-corrected chi connectivity index (χ0v) is 12.3. The Kier molecular flexibility index (Phi) is 4.70. The van der Waals surface area contributed by atoms with E-state index in [2.05, 4.69) is 4.99 Å². The summed E-state index contributed by atoms with van der Waals surface area (Å²) in [6, 6.07) is -0.188. The van der Waals surface area contributed by atoms with E-state index in [0.717, 1.165) is 0 Å². The van der Waals surface area contributed by atoms with E-state index in [1.165, 1.54) is 0 Å². The zero-order chi connectivity index (χ0) is 14.0. The summed E-state index contributed by atoms with van der Waals surface area (Å²) in [6.07, 6.45) is 2.75. The molecule has 0 aromatic heterocycles. The first-order valence-corrected chi connectivity index (χ1v) is 7.83. The van der Waals surface area contributed by atoms with E-state index < -0.39 is 10.0 Å². The largest absolute Gasteiger partial charge is 0.235 e. The predicted octanol–water partition coefficient (Wildman–Crippen LogP) is 1.55. The van der Waals surface area contributed by atoms with Crippen molar-refractivity contribution in [2.45, 2.75) is 52.6 Å². The van der Waals surface area contributed by atoms with Gasteiger partial charge in [0.2, 0.25) is 16.1 Å². The van der Waals surface area contributed by atoms with Crippen molar-refractivity contribution in [3.8, 4) is 0 Å². The minimum Gasteiger partial charge on any atom is -0.212 e. The Hall–Kier alpha value is -0.710. The predicted molar refractivity (Wildman–Crippen MR) is 70.6 cm³/mol. The van der Waals surface area contributed by atoms with Crippen LogP contribution in [0.3, 0.4) is 0 Å². The molecule has 2 unspecified atom stereocenters. The van der Waals surface area contributed by atoms with Gasteiger partial charge in [-0.2, -0.15) is 4.31 Å². The minimum absolute atomic E-state index is 0.0846. The van der Waals surface area contributed by atoms with Gasteiger partial charge in [-0.3, -0.25) is 0 Å². The van der Waals surface area contributed by atoms with Crippen molar-refractivity contribution in [2.24, 2.45) is 10.4 Å². The maximum atomic E-state index is 12.3. The third kappa shape index (κ3) is 4.19. The van der Waals surface area contributed by atoms with Crippen molar-refractivity contribution >= 4 is 16.1 Å².